The van der Waals surface area contributed by atoms with Crippen molar-refractivity contribution in [2.45, 2.75) is 19.9 Å². The van der Waals surface area contributed by atoms with Crippen molar-refractivity contribution in [3.63, 3.8) is 0 Å². The van der Waals surface area contributed by atoms with Crippen LogP contribution in [0.2, 0.25) is 0 Å². The molecule has 0 heterocycles. The lowest BCUT2D eigenvalue weighted by molar-refractivity contribution is 0.152. The van der Waals surface area contributed by atoms with E-state index in [1.165, 1.54) is 6.07 Å². The number of halogens is 2. The van der Waals surface area contributed by atoms with Crippen LogP contribution in [0.1, 0.15) is 25.5 Å². The maximum atomic E-state index is 13.8. The molecular weight excluding hydrogens is 285 g/mol. The second kappa shape index (κ2) is 6.47. The van der Waals surface area contributed by atoms with Crippen molar-refractivity contribution in [2.75, 3.05) is 13.7 Å². The van der Waals surface area contributed by atoms with Gasteiger partial charge < -0.3 is 10.4 Å². The number of hydrogen-bond donors (Lipinski definition) is 2. The predicted molar refractivity (Wildman–Crippen MR) is 71.3 cm³/mol. The van der Waals surface area contributed by atoms with E-state index in [0.29, 0.717) is 5.56 Å². The number of aliphatic hydroxyl groups is 1. The topological polar surface area (TPSA) is 32.3 Å². The Morgan fingerprint density at radius 1 is 1.41 bits per heavy atom. The molecule has 17 heavy (non-hydrogen) atoms. The zero-order chi connectivity index (χ0) is 13.0. The summed E-state index contributed by atoms with van der Waals surface area (Å²) < 4.78 is 14.7. The summed E-state index contributed by atoms with van der Waals surface area (Å²) in [4.78, 5) is 0. The summed E-state index contributed by atoms with van der Waals surface area (Å²) in [5.41, 5.74) is 0.592. The molecule has 0 amide bonds. The maximum absolute atomic E-state index is 13.8. The molecule has 0 radical (unpaired) electrons. The molecule has 0 saturated carbocycles. The van der Waals surface area contributed by atoms with Crippen LogP contribution in [0.4, 0.5) is 4.39 Å². The third-order valence-corrected chi connectivity index (χ3v) is 3.59. The second-order valence-corrected chi connectivity index (χ2v) is 5.44. The van der Waals surface area contributed by atoms with Crippen molar-refractivity contribution in [3.05, 3.63) is 34.1 Å². The Bertz CT molecular complexity index is 370. The van der Waals surface area contributed by atoms with Crippen molar-refractivity contribution < 1.29 is 9.50 Å². The van der Waals surface area contributed by atoms with Gasteiger partial charge in [0.2, 0.25) is 0 Å². The monoisotopic (exact) mass is 303 g/mol. The van der Waals surface area contributed by atoms with Crippen molar-refractivity contribution in [3.8, 4) is 0 Å². The van der Waals surface area contributed by atoms with E-state index < -0.39 is 0 Å². The van der Waals surface area contributed by atoms with Crippen LogP contribution in [0.15, 0.2) is 22.7 Å². The Kier molecular flexibility index (Phi) is 5.56. The molecule has 0 aliphatic carbocycles. The molecule has 2 atom stereocenters. The van der Waals surface area contributed by atoms with Crippen molar-refractivity contribution in [1.82, 2.24) is 5.32 Å². The summed E-state index contributed by atoms with van der Waals surface area (Å²) >= 11 is 3.34. The average Bonchev–Trinajstić information content (AvgIpc) is 2.28. The third kappa shape index (κ3) is 3.50. The second-order valence-electron chi connectivity index (χ2n) is 4.52. The molecule has 0 aliphatic rings. The van der Waals surface area contributed by atoms with Crippen LogP contribution >= 0.6 is 15.9 Å². The maximum Gasteiger partial charge on any atom is 0.128 e. The molecule has 0 fully saturated rings. The minimum atomic E-state index is -0.244. The van der Waals surface area contributed by atoms with E-state index >= 15 is 0 Å². The normalized spacial score (nSPS) is 15.0. The van der Waals surface area contributed by atoms with Crippen molar-refractivity contribution in [2.24, 2.45) is 11.8 Å². The van der Waals surface area contributed by atoms with Gasteiger partial charge in [0.05, 0.1) is 0 Å². The van der Waals surface area contributed by atoms with Gasteiger partial charge in [-0.25, -0.2) is 4.39 Å². The van der Waals surface area contributed by atoms with Crippen LogP contribution in [-0.4, -0.2) is 18.8 Å². The van der Waals surface area contributed by atoms with Crippen molar-refractivity contribution >= 4 is 15.9 Å². The van der Waals surface area contributed by atoms with Crippen LogP contribution in [0.3, 0.4) is 0 Å². The van der Waals surface area contributed by atoms with Gasteiger partial charge in [-0.05, 0) is 31.2 Å². The summed E-state index contributed by atoms with van der Waals surface area (Å²) in [6.07, 6.45) is 0. The first kappa shape index (κ1) is 14.6. The van der Waals surface area contributed by atoms with Crippen LogP contribution in [0, 0.1) is 17.7 Å². The SMILES string of the molecule is CNC(c1cc(Br)ccc1F)C(CO)C(C)C. The predicted octanol–water partition coefficient (Wildman–Crippen LogP) is 3.11. The fraction of sp³-hybridized carbons (Fsp3) is 0.538. The summed E-state index contributed by atoms with van der Waals surface area (Å²) in [6.45, 7) is 4.09. The summed E-state index contributed by atoms with van der Waals surface area (Å²) in [5, 5.41) is 12.5. The lowest BCUT2D eigenvalue weighted by Crippen LogP contribution is -2.31. The molecule has 4 heteroatoms. The highest BCUT2D eigenvalue weighted by molar-refractivity contribution is 9.10. The highest BCUT2D eigenvalue weighted by atomic mass is 79.9. The molecule has 0 spiro atoms. The standard InChI is InChI=1S/C13H19BrFNO/c1-8(2)11(7-17)13(16-3)10-6-9(14)4-5-12(10)15/h4-6,8,11,13,16-17H,7H2,1-3H3. The molecule has 1 aromatic rings. The van der Waals surface area contributed by atoms with Crippen LogP contribution < -0.4 is 5.32 Å². The van der Waals surface area contributed by atoms with E-state index in [2.05, 4.69) is 21.2 Å². The highest BCUT2D eigenvalue weighted by Gasteiger charge is 2.26. The summed E-state index contributed by atoms with van der Waals surface area (Å²) in [5.74, 6) is 0.0197. The van der Waals surface area contributed by atoms with E-state index in [-0.39, 0.29) is 30.3 Å². The Hall–Kier alpha value is -0.450. The lowest BCUT2D eigenvalue weighted by Gasteiger charge is -2.29. The van der Waals surface area contributed by atoms with E-state index in [4.69, 9.17) is 0 Å². The number of nitrogens with one attached hydrogen (secondary N) is 1. The molecule has 0 saturated heterocycles. The molecule has 1 aromatic carbocycles. The Balaban J connectivity index is 3.11. The van der Waals surface area contributed by atoms with Gasteiger partial charge in [0.15, 0.2) is 0 Å². The van der Waals surface area contributed by atoms with E-state index in [1.54, 1.807) is 19.2 Å². The Labute approximate surface area is 110 Å². The van der Waals surface area contributed by atoms with Gasteiger partial charge in [-0.1, -0.05) is 29.8 Å². The average molecular weight is 304 g/mol. The molecule has 1 rings (SSSR count). The molecule has 0 aliphatic heterocycles. The first-order chi connectivity index (χ1) is 8.01. The summed E-state index contributed by atoms with van der Waals surface area (Å²) in [7, 11) is 1.79. The first-order valence-corrected chi connectivity index (χ1v) is 6.53. The molecular formula is C13H19BrFNO. The number of hydrogen-bond acceptors (Lipinski definition) is 2. The lowest BCUT2D eigenvalue weighted by atomic mass is 9.85. The highest BCUT2D eigenvalue weighted by Crippen LogP contribution is 2.30. The van der Waals surface area contributed by atoms with Crippen LogP contribution in [0.25, 0.3) is 0 Å². The van der Waals surface area contributed by atoms with Gasteiger partial charge >= 0.3 is 0 Å². The minimum absolute atomic E-state index is 0.0104. The van der Waals surface area contributed by atoms with Crippen LogP contribution in [-0.2, 0) is 0 Å². The van der Waals surface area contributed by atoms with Gasteiger partial charge in [0.25, 0.3) is 0 Å². The van der Waals surface area contributed by atoms with Crippen molar-refractivity contribution in [1.29, 1.82) is 0 Å². The number of rotatable bonds is 5. The number of aliphatic hydroxyl groups excluding tert-OH is 1. The zero-order valence-electron chi connectivity index (χ0n) is 10.4. The summed E-state index contributed by atoms with van der Waals surface area (Å²) in [6, 6.07) is 4.70. The largest absolute Gasteiger partial charge is 0.396 e. The molecule has 0 aromatic heterocycles. The van der Waals surface area contributed by atoms with E-state index in [1.807, 2.05) is 13.8 Å². The quantitative estimate of drug-likeness (QED) is 0.876. The molecule has 2 N–H and O–H groups in total. The molecule has 2 nitrogen and oxygen atoms in total. The third-order valence-electron chi connectivity index (χ3n) is 3.10. The smallest absolute Gasteiger partial charge is 0.128 e. The number of benzene rings is 1. The van der Waals surface area contributed by atoms with Crippen LogP contribution in [0.5, 0.6) is 0 Å². The Morgan fingerprint density at radius 3 is 2.53 bits per heavy atom. The zero-order valence-corrected chi connectivity index (χ0v) is 12.0. The van der Waals surface area contributed by atoms with Gasteiger partial charge in [-0.15, -0.1) is 0 Å². The van der Waals surface area contributed by atoms with E-state index in [0.717, 1.165) is 4.47 Å². The van der Waals surface area contributed by atoms with Gasteiger partial charge in [0.1, 0.15) is 5.82 Å². The van der Waals surface area contributed by atoms with E-state index in [9.17, 15) is 9.50 Å². The molecule has 0 bridgehead atoms. The van der Waals surface area contributed by atoms with Gasteiger partial charge in [-0.3, -0.25) is 0 Å². The molecule has 96 valence electrons. The molecule has 2 unspecified atom stereocenters. The van der Waals surface area contributed by atoms with Gasteiger partial charge in [0, 0.05) is 28.6 Å². The minimum Gasteiger partial charge on any atom is -0.396 e. The fourth-order valence-corrected chi connectivity index (χ4v) is 2.43. The van der Waals surface area contributed by atoms with Gasteiger partial charge in [-0.2, -0.15) is 0 Å². The first-order valence-electron chi connectivity index (χ1n) is 5.74. The fourth-order valence-electron chi connectivity index (χ4n) is 2.05. The Morgan fingerprint density at radius 2 is 2.06 bits per heavy atom.